The molecule has 0 amide bonds. The molecule has 1 aromatic heterocycles. The molecule has 6 heteroatoms. The van der Waals surface area contributed by atoms with Crippen LogP contribution >= 0.6 is 28.6 Å². The number of hydrogen-bond acceptors (Lipinski definition) is 4. The number of aromatic nitrogens is 1. The molecule has 0 unspecified atom stereocenters. The molecule has 94 valence electrons. The molecule has 0 radical (unpaired) electrons. The summed E-state index contributed by atoms with van der Waals surface area (Å²) in [5, 5.41) is 7.03. The minimum atomic E-state index is 0. The van der Waals surface area contributed by atoms with E-state index in [1.54, 1.807) is 12.3 Å². The highest BCUT2D eigenvalue weighted by Gasteiger charge is 2.02. The molecule has 2 heterocycles. The first-order valence-electron chi connectivity index (χ1n) is 5.47. The quantitative estimate of drug-likeness (QED) is 0.821. The topological polar surface area (TPSA) is 49.3 Å². The Balaban J connectivity index is 0.00000144. The van der Waals surface area contributed by atoms with E-state index in [4.69, 9.17) is 11.6 Å². The summed E-state index contributed by atoms with van der Waals surface area (Å²) in [6.07, 6.45) is 4.10. The van der Waals surface area contributed by atoms with Gasteiger partial charge in [0.1, 0.15) is 5.15 Å². The molecular formula is C11H16BrClN4. The van der Waals surface area contributed by atoms with Crippen molar-refractivity contribution in [2.75, 3.05) is 13.1 Å². The molecule has 0 aliphatic carbocycles. The van der Waals surface area contributed by atoms with Crippen LogP contribution in [0.25, 0.3) is 0 Å². The van der Waals surface area contributed by atoms with Gasteiger partial charge in [0.2, 0.25) is 0 Å². The van der Waals surface area contributed by atoms with Crippen molar-refractivity contribution in [3.05, 3.63) is 29.0 Å². The van der Waals surface area contributed by atoms with Crippen LogP contribution in [0.1, 0.15) is 18.4 Å². The Hall–Kier alpha value is -0.810. The summed E-state index contributed by atoms with van der Waals surface area (Å²) in [5.74, 6) is 0.882. The number of nitrogens with zero attached hydrogens (tertiary/aromatic N) is 2. The monoisotopic (exact) mass is 318 g/mol. The molecule has 17 heavy (non-hydrogen) atoms. The molecule has 1 aliphatic rings. The summed E-state index contributed by atoms with van der Waals surface area (Å²) in [4.78, 5) is 8.43. The Morgan fingerprint density at radius 1 is 1.35 bits per heavy atom. The van der Waals surface area contributed by atoms with Crippen molar-refractivity contribution in [2.45, 2.75) is 19.4 Å². The first kappa shape index (κ1) is 14.3. The minimum absolute atomic E-state index is 0. The van der Waals surface area contributed by atoms with Gasteiger partial charge in [0.05, 0.1) is 0 Å². The van der Waals surface area contributed by atoms with E-state index in [0.29, 0.717) is 5.15 Å². The number of halogens is 2. The van der Waals surface area contributed by atoms with Crippen LogP contribution in [0.2, 0.25) is 5.15 Å². The number of pyridine rings is 1. The van der Waals surface area contributed by atoms with E-state index in [1.165, 1.54) is 6.42 Å². The third-order valence-electron chi connectivity index (χ3n) is 2.40. The van der Waals surface area contributed by atoms with Crippen molar-refractivity contribution in [2.24, 2.45) is 4.99 Å². The van der Waals surface area contributed by atoms with Gasteiger partial charge in [-0.2, -0.15) is 0 Å². The molecule has 0 saturated heterocycles. The molecule has 0 aromatic carbocycles. The maximum Gasteiger partial charge on any atom is 0.191 e. The third-order valence-corrected chi connectivity index (χ3v) is 2.62. The Labute approximate surface area is 117 Å². The summed E-state index contributed by atoms with van der Waals surface area (Å²) in [7, 11) is 0. The smallest absolute Gasteiger partial charge is 0.191 e. The van der Waals surface area contributed by atoms with Crippen molar-refractivity contribution in [3.8, 4) is 0 Å². The number of aliphatic imine (C=N–C) groups is 1. The molecule has 0 atom stereocenters. The van der Waals surface area contributed by atoms with E-state index < -0.39 is 0 Å². The SMILES string of the molecule is Br.Clc1ccc(CNC2=NCCCCN2)cn1. The lowest BCUT2D eigenvalue weighted by Gasteiger charge is -2.09. The third kappa shape index (κ3) is 4.91. The van der Waals surface area contributed by atoms with Crippen molar-refractivity contribution in [1.82, 2.24) is 15.6 Å². The fourth-order valence-electron chi connectivity index (χ4n) is 1.51. The van der Waals surface area contributed by atoms with Crippen LogP contribution in [0.4, 0.5) is 0 Å². The normalized spacial score (nSPS) is 15.0. The Morgan fingerprint density at radius 3 is 3.00 bits per heavy atom. The lowest BCUT2D eigenvalue weighted by atomic mass is 10.3. The number of hydrogen-bond donors (Lipinski definition) is 2. The minimum Gasteiger partial charge on any atom is -0.356 e. The van der Waals surface area contributed by atoms with Crippen molar-refractivity contribution < 1.29 is 0 Å². The number of rotatable bonds is 2. The Bertz CT molecular complexity index is 366. The summed E-state index contributed by atoms with van der Waals surface area (Å²) < 4.78 is 0. The van der Waals surface area contributed by atoms with Crippen molar-refractivity contribution in [3.63, 3.8) is 0 Å². The second kappa shape index (κ2) is 7.50. The van der Waals surface area contributed by atoms with E-state index in [-0.39, 0.29) is 17.0 Å². The van der Waals surface area contributed by atoms with Crippen LogP contribution in [-0.4, -0.2) is 24.0 Å². The molecular weight excluding hydrogens is 304 g/mol. The summed E-state index contributed by atoms with van der Waals surface area (Å²) in [6.45, 7) is 2.61. The number of nitrogens with one attached hydrogen (secondary N) is 2. The molecule has 0 spiro atoms. The molecule has 2 N–H and O–H groups in total. The zero-order valence-corrected chi connectivity index (χ0v) is 11.9. The van der Waals surface area contributed by atoms with Crippen LogP contribution in [0, 0.1) is 0 Å². The molecule has 1 aliphatic heterocycles. The van der Waals surface area contributed by atoms with Gasteiger partial charge in [0.15, 0.2) is 5.96 Å². The van der Waals surface area contributed by atoms with Crippen LogP contribution in [-0.2, 0) is 6.54 Å². The standard InChI is InChI=1S/C11H15ClN4.BrH/c12-10-4-3-9(7-15-10)8-16-11-13-5-1-2-6-14-11;/h3-4,7H,1-2,5-6,8H2,(H2,13,14,16);1H. The largest absolute Gasteiger partial charge is 0.356 e. The molecule has 2 rings (SSSR count). The summed E-state index contributed by atoms with van der Waals surface area (Å²) >= 11 is 5.71. The van der Waals surface area contributed by atoms with Gasteiger partial charge in [-0.05, 0) is 24.5 Å². The average molecular weight is 320 g/mol. The van der Waals surface area contributed by atoms with Gasteiger partial charge >= 0.3 is 0 Å². The summed E-state index contributed by atoms with van der Waals surface area (Å²) in [5.41, 5.74) is 1.10. The van der Waals surface area contributed by atoms with Crippen LogP contribution < -0.4 is 10.6 Å². The van der Waals surface area contributed by atoms with Gasteiger partial charge in [-0.25, -0.2) is 4.98 Å². The lowest BCUT2D eigenvalue weighted by molar-refractivity contribution is 0.742. The van der Waals surface area contributed by atoms with Crippen LogP contribution in [0.3, 0.4) is 0 Å². The highest BCUT2D eigenvalue weighted by Crippen LogP contribution is 2.04. The van der Waals surface area contributed by atoms with E-state index >= 15 is 0 Å². The van der Waals surface area contributed by atoms with E-state index in [9.17, 15) is 0 Å². The maximum atomic E-state index is 5.71. The van der Waals surface area contributed by atoms with Crippen molar-refractivity contribution >= 4 is 34.5 Å². The highest BCUT2D eigenvalue weighted by atomic mass is 79.9. The second-order valence-corrected chi connectivity index (χ2v) is 4.09. The highest BCUT2D eigenvalue weighted by molar-refractivity contribution is 8.93. The molecule has 1 aromatic rings. The van der Waals surface area contributed by atoms with Crippen LogP contribution in [0.15, 0.2) is 23.3 Å². The first-order chi connectivity index (χ1) is 7.84. The van der Waals surface area contributed by atoms with Crippen LogP contribution in [0.5, 0.6) is 0 Å². The van der Waals surface area contributed by atoms with Gasteiger partial charge in [-0.3, -0.25) is 4.99 Å². The zero-order chi connectivity index (χ0) is 11.2. The first-order valence-corrected chi connectivity index (χ1v) is 5.85. The Kier molecular flexibility index (Phi) is 6.29. The van der Waals surface area contributed by atoms with Gasteiger partial charge in [0, 0.05) is 25.8 Å². The van der Waals surface area contributed by atoms with Gasteiger partial charge in [-0.1, -0.05) is 17.7 Å². The fourth-order valence-corrected chi connectivity index (χ4v) is 1.62. The fraction of sp³-hybridized carbons (Fsp3) is 0.455. The second-order valence-electron chi connectivity index (χ2n) is 3.71. The van der Waals surface area contributed by atoms with E-state index in [1.807, 2.05) is 6.07 Å². The van der Waals surface area contributed by atoms with E-state index in [2.05, 4.69) is 20.6 Å². The Morgan fingerprint density at radius 2 is 2.24 bits per heavy atom. The molecule has 0 saturated carbocycles. The lowest BCUT2D eigenvalue weighted by Crippen LogP contribution is -2.36. The maximum absolute atomic E-state index is 5.71. The predicted molar refractivity (Wildman–Crippen MR) is 75.9 cm³/mol. The van der Waals surface area contributed by atoms with Gasteiger partial charge in [-0.15, -0.1) is 17.0 Å². The van der Waals surface area contributed by atoms with Gasteiger partial charge in [0.25, 0.3) is 0 Å². The van der Waals surface area contributed by atoms with E-state index in [0.717, 1.165) is 37.6 Å². The predicted octanol–water partition coefficient (Wildman–Crippen LogP) is 2.14. The average Bonchev–Trinajstić information content (AvgIpc) is 2.57. The molecule has 0 fully saturated rings. The van der Waals surface area contributed by atoms with Gasteiger partial charge < -0.3 is 10.6 Å². The summed E-state index contributed by atoms with van der Waals surface area (Å²) in [6, 6.07) is 3.75. The number of guanidine groups is 1. The zero-order valence-electron chi connectivity index (χ0n) is 9.45. The van der Waals surface area contributed by atoms with Crippen molar-refractivity contribution in [1.29, 1.82) is 0 Å². The molecule has 0 bridgehead atoms. The molecule has 4 nitrogen and oxygen atoms in total.